The lowest BCUT2D eigenvalue weighted by Gasteiger charge is -2.14. The van der Waals surface area contributed by atoms with Gasteiger partial charge in [-0.05, 0) is 24.3 Å². The number of carbonyl (C=O) groups excluding carboxylic acids is 3. The van der Waals surface area contributed by atoms with Gasteiger partial charge >= 0.3 is 5.97 Å². The van der Waals surface area contributed by atoms with Crippen molar-refractivity contribution in [2.75, 3.05) is 31.5 Å². The molecule has 0 unspecified atom stereocenters. The van der Waals surface area contributed by atoms with E-state index >= 15 is 0 Å². The quantitative estimate of drug-likeness (QED) is 0.455. The lowest BCUT2D eigenvalue weighted by Crippen LogP contribution is -2.22. The third-order valence-electron chi connectivity index (χ3n) is 4.49. The molecule has 0 saturated carbocycles. The molecule has 0 radical (unpaired) electrons. The maximum absolute atomic E-state index is 12.7. The number of benzene rings is 3. The van der Waals surface area contributed by atoms with E-state index in [9.17, 15) is 14.4 Å². The predicted octanol–water partition coefficient (Wildman–Crippen LogP) is 4.25. The number of nitrogens with one attached hydrogen (secondary N) is 2. The number of hydrogen-bond donors (Lipinski definition) is 2. The maximum atomic E-state index is 12.7. The van der Waals surface area contributed by atoms with Gasteiger partial charge in [0.2, 0.25) is 5.91 Å². The first-order valence-electron chi connectivity index (χ1n) is 10.2. The first-order valence-corrected chi connectivity index (χ1v) is 10.2. The van der Waals surface area contributed by atoms with Crippen LogP contribution in [0.2, 0.25) is 0 Å². The number of rotatable bonds is 9. The van der Waals surface area contributed by atoms with Crippen molar-refractivity contribution in [2.45, 2.75) is 6.92 Å². The summed E-state index contributed by atoms with van der Waals surface area (Å²) in [6.07, 6.45) is 0. The second-order valence-electron chi connectivity index (χ2n) is 7.00. The van der Waals surface area contributed by atoms with Crippen LogP contribution in [0.3, 0.4) is 0 Å². The average Bonchev–Trinajstić information content (AvgIpc) is 2.82. The SMILES string of the molecule is COc1cc(NC(C)=O)c(C(=O)OCC(=O)Nc2cccc(Oc3ccccc3)c2)cc1OC. The van der Waals surface area contributed by atoms with Gasteiger partial charge in [-0.2, -0.15) is 0 Å². The van der Waals surface area contributed by atoms with Gasteiger partial charge in [-0.1, -0.05) is 24.3 Å². The van der Waals surface area contributed by atoms with Gasteiger partial charge in [-0.3, -0.25) is 9.59 Å². The molecule has 3 aromatic rings. The standard InChI is InChI=1S/C25H24N2O7/c1-16(28)26-21-14-23(32-3)22(31-2)13-20(21)25(30)33-15-24(29)27-17-8-7-11-19(12-17)34-18-9-5-4-6-10-18/h4-14H,15H2,1-3H3,(H,26,28)(H,27,29). The second-order valence-corrected chi connectivity index (χ2v) is 7.00. The van der Waals surface area contributed by atoms with Gasteiger partial charge in [0.15, 0.2) is 18.1 Å². The van der Waals surface area contributed by atoms with Crippen molar-refractivity contribution in [3.63, 3.8) is 0 Å². The number of carbonyl (C=O) groups is 3. The maximum Gasteiger partial charge on any atom is 0.340 e. The van der Waals surface area contributed by atoms with E-state index in [0.717, 1.165) is 0 Å². The highest BCUT2D eigenvalue weighted by Gasteiger charge is 2.20. The zero-order chi connectivity index (χ0) is 24.5. The molecule has 3 aromatic carbocycles. The number of hydrogen-bond acceptors (Lipinski definition) is 7. The summed E-state index contributed by atoms with van der Waals surface area (Å²) in [7, 11) is 2.84. The summed E-state index contributed by atoms with van der Waals surface area (Å²) >= 11 is 0. The Kier molecular flexibility index (Phi) is 8.07. The molecule has 0 fully saturated rings. The average molecular weight is 464 g/mol. The highest BCUT2D eigenvalue weighted by atomic mass is 16.5. The molecule has 0 heterocycles. The molecule has 0 bridgehead atoms. The van der Waals surface area contributed by atoms with E-state index in [4.69, 9.17) is 18.9 Å². The summed E-state index contributed by atoms with van der Waals surface area (Å²) in [6.45, 7) is 0.755. The molecule has 176 valence electrons. The first kappa shape index (κ1) is 24.1. The zero-order valence-electron chi connectivity index (χ0n) is 18.9. The smallest absolute Gasteiger partial charge is 0.340 e. The fraction of sp³-hybridized carbons (Fsp3) is 0.160. The molecule has 3 rings (SSSR count). The van der Waals surface area contributed by atoms with Crippen molar-refractivity contribution in [1.29, 1.82) is 0 Å². The van der Waals surface area contributed by atoms with Crippen LogP contribution in [0.15, 0.2) is 66.7 Å². The van der Waals surface area contributed by atoms with Crippen LogP contribution in [-0.4, -0.2) is 38.6 Å². The van der Waals surface area contributed by atoms with Crippen molar-refractivity contribution < 1.29 is 33.3 Å². The summed E-state index contributed by atoms with van der Waals surface area (Å²) in [6, 6.07) is 18.8. The van der Waals surface area contributed by atoms with E-state index in [0.29, 0.717) is 22.9 Å². The molecular formula is C25H24N2O7. The minimum Gasteiger partial charge on any atom is -0.493 e. The fourth-order valence-corrected chi connectivity index (χ4v) is 3.01. The summed E-state index contributed by atoms with van der Waals surface area (Å²) in [5, 5.41) is 5.20. The third-order valence-corrected chi connectivity index (χ3v) is 4.49. The molecule has 0 aromatic heterocycles. The molecule has 9 heteroatoms. The van der Waals surface area contributed by atoms with E-state index in [1.165, 1.54) is 33.3 Å². The second kappa shape index (κ2) is 11.4. The van der Waals surface area contributed by atoms with Crippen LogP contribution in [-0.2, 0) is 14.3 Å². The number of para-hydroxylation sites is 1. The third kappa shape index (κ3) is 6.49. The van der Waals surface area contributed by atoms with Gasteiger partial charge in [-0.15, -0.1) is 0 Å². The molecule has 0 spiro atoms. The molecule has 34 heavy (non-hydrogen) atoms. The number of methoxy groups -OCH3 is 2. The molecule has 0 aliphatic carbocycles. The Labute approximate surface area is 196 Å². The van der Waals surface area contributed by atoms with Crippen molar-refractivity contribution in [2.24, 2.45) is 0 Å². The van der Waals surface area contributed by atoms with Crippen LogP contribution in [0.5, 0.6) is 23.0 Å². The summed E-state index contributed by atoms with van der Waals surface area (Å²) in [5.41, 5.74) is 0.653. The van der Waals surface area contributed by atoms with Crippen molar-refractivity contribution in [3.05, 3.63) is 72.3 Å². The van der Waals surface area contributed by atoms with Crippen LogP contribution < -0.4 is 24.8 Å². The molecule has 2 amide bonds. The van der Waals surface area contributed by atoms with Gasteiger partial charge in [-0.25, -0.2) is 4.79 Å². The summed E-state index contributed by atoms with van der Waals surface area (Å²) in [4.78, 5) is 36.6. The van der Waals surface area contributed by atoms with E-state index in [1.807, 2.05) is 30.3 Å². The molecule has 0 saturated heterocycles. The van der Waals surface area contributed by atoms with Crippen molar-refractivity contribution in [3.8, 4) is 23.0 Å². The Morgan fingerprint density at radius 1 is 0.794 bits per heavy atom. The highest BCUT2D eigenvalue weighted by Crippen LogP contribution is 2.34. The summed E-state index contributed by atoms with van der Waals surface area (Å²) in [5.74, 6) is 0.0156. The lowest BCUT2D eigenvalue weighted by molar-refractivity contribution is -0.119. The van der Waals surface area contributed by atoms with Gasteiger partial charge in [0.1, 0.15) is 11.5 Å². The monoisotopic (exact) mass is 464 g/mol. The Morgan fingerprint density at radius 2 is 1.47 bits per heavy atom. The van der Waals surface area contributed by atoms with E-state index < -0.39 is 24.4 Å². The Bertz CT molecular complexity index is 1180. The molecule has 9 nitrogen and oxygen atoms in total. The van der Waals surface area contributed by atoms with Gasteiger partial charge in [0.05, 0.1) is 25.5 Å². The van der Waals surface area contributed by atoms with Gasteiger partial charge in [0.25, 0.3) is 5.91 Å². The minimum atomic E-state index is -0.819. The Morgan fingerprint density at radius 3 is 2.15 bits per heavy atom. The zero-order valence-corrected chi connectivity index (χ0v) is 18.9. The van der Waals surface area contributed by atoms with Gasteiger partial charge in [0, 0.05) is 30.8 Å². The molecule has 0 atom stereocenters. The van der Waals surface area contributed by atoms with Crippen LogP contribution >= 0.6 is 0 Å². The number of esters is 1. The first-order chi connectivity index (χ1) is 16.4. The van der Waals surface area contributed by atoms with E-state index in [2.05, 4.69) is 10.6 Å². The number of amides is 2. The normalized spacial score (nSPS) is 10.1. The molecule has 0 aliphatic rings. The van der Waals surface area contributed by atoms with Crippen LogP contribution in [0.4, 0.5) is 11.4 Å². The predicted molar refractivity (Wildman–Crippen MR) is 126 cm³/mol. The molecule has 0 aliphatic heterocycles. The topological polar surface area (TPSA) is 112 Å². The highest BCUT2D eigenvalue weighted by molar-refractivity contribution is 6.03. The Balaban J connectivity index is 1.65. The Hall–Kier alpha value is -4.53. The molecular weight excluding hydrogens is 440 g/mol. The largest absolute Gasteiger partial charge is 0.493 e. The number of anilines is 2. The van der Waals surface area contributed by atoms with Crippen LogP contribution in [0.25, 0.3) is 0 Å². The summed E-state index contributed by atoms with van der Waals surface area (Å²) < 4.78 is 21.3. The minimum absolute atomic E-state index is 0.0129. The van der Waals surface area contributed by atoms with E-state index in [-0.39, 0.29) is 17.0 Å². The van der Waals surface area contributed by atoms with Gasteiger partial charge < -0.3 is 29.6 Å². The van der Waals surface area contributed by atoms with Crippen LogP contribution in [0, 0.1) is 0 Å². The van der Waals surface area contributed by atoms with Crippen molar-refractivity contribution in [1.82, 2.24) is 0 Å². The van der Waals surface area contributed by atoms with E-state index in [1.54, 1.807) is 24.3 Å². The molecule has 2 N–H and O–H groups in total. The van der Waals surface area contributed by atoms with Crippen LogP contribution in [0.1, 0.15) is 17.3 Å². The lowest BCUT2D eigenvalue weighted by atomic mass is 10.1. The van der Waals surface area contributed by atoms with Crippen molar-refractivity contribution >= 4 is 29.2 Å². The fourth-order valence-electron chi connectivity index (χ4n) is 3.01. The number of ether oxygens (including phenoxy) is 4.